The second-order valence-electron chi connectivity index (χ2n) is 6.23. The Hall–Kier alpha value is -2.73. The first-order valence-electron chi connectivity index (χ1n) is 8.34. The van der Waals surface area contributed by atoms with Crippen LogP contribution in [0.25, 0.3) is 11.1 Å². The van der Waals surface area contributed by atoms with E-state index in [9.17, 15) is 9.18 Å². The smallest absolute Gasteiger partial charge is 0.339 e. The van der Waals surface area contributed by atoms with E-state index < -0.39 is 5.82 Å². The van der Waals surface area contributed by atoms with Crippen LogP contribution in [-0.2, 0) is 11.2 Å². The van der Waals surface area contributed by atoms with Gasteiger partial charge in [0.15, 0.2) is 0 Å². The van der Waals surface area contributed by atoms with E-state index in [0.717, 1.165) is 21.8 Å². The van der Waals surface area contributed by atoms with E-state index in [-0.39, 0.29) is 12.1 Å². The number of esters is 1. The van der Waals surface area contributed by atoms with Crippen LogP contribution in [0.4, 0.5) is 4.39 Å². The van der Waals surface area contributed by atoms with Crippen LogP contribution < -0.4 is 4.74 Å². The summed E-state index contributed by atoms with van der Waals surface area (Å²) in [7, 11) is 1.49. The monoisotopic (exact) mass is 427 g/mol. The molecule has 1 aliphatic heterocycles. The molecule has 0 unspecified atom stereocenters. The van der Waals surface area contributed by atoms with Gasteiger partial charge in [-0.25, -0.2) is 14.2 Å². The number of benzene rings is 2. The van der Waals surface area contributed by atoms with Crippen molar-refractivity contribution in [2.24, 2.45) is 0 Å². The summed E-state index contributed by atoms with van der Waals surface area (Å²) < 4.78 is 25.7. The lowest BCUT2D eigenvalue weighted by molar-refractivity contribution is 0.0253. The number of methoxy groups -OCH3 is 1. The standard InChI is InChI=1S/C21H15BrFNO3/c1-26-20-10-17(18(23)11-24-20)12-2-4-13(5-3-12)19-9-14-8-15(22)6-7-16(14)21(25)27-19/h2-8,10-11,19H,9H2,1H3/t19-/m1/s1. The highest BCUT2D eigenvalue weighted by molar-refractivity contribution is 9.10. The Kier molecular flexibility index (Phi) is 4.66. The Bertz CT molecular complexity index is 1020. The van der Waals surface area contributed by atoms with Gasteiger partial charge in [-0.1, -0.05) is 40.2 Å². The lowest BCUT2D eigenvalue weighted by Crippen LogP contribution is -2.21. The molecular weight excluding hydrogens is 413 g/mol. The largest absolute Gasteiger partial charge is 0.481 e. The topological polar surface area (TPSA) is 48.4 Å². The lowest BCUT2D eigenvalue weighted by Gasteiger charge is -2.25. The van der Waals surface area contributed by atoms with Crippen molar-refractivity contribution >= 4 is 21.9 Å². The maximum absolute atomic E-state index is 14.1. The normalized spacial score (nSPS) is 15.8. The molecule has 1 aromatic heterocycles. The quantitative estimate of drug-likeness (QED) is 0.544. The summed E-state index contributed by atoms with van der Waals surface area (Å²) in [5, 5.41) is 0. The third-order valence-corrected chi connectivity index (χ3v) is 5.07. The fraction of sp³-hybridized carbons (Fsp3) is 0.143. The molecule has 0 saturated heterocycles. The van der Waals surface area contributed by atoms with E-state index in [1.54, 1.807) is 24.3 Å². The molecule has 0 bridgehead atoms. The summed E-state index contributed by atoms with van der Waals surface area (Å²) in [6.07, 6.45) is 1.36. The van der Waals surface area contributed by atoms with Gasteiger partial charge < -0.3 is 9.47 Å². The van der Waals surface area contributed by atoms with Crippen LogP contribution in [0.15, 0.2) is 59.2 Å². The molecule has 3 aromatic rings. The molecule has 4 rings (SSSR count). The average Bonchev–Trinajstić information content (AvgIpc) is 2.68. The SMILES string of the molecule is COc1cc(-c2ccc([C@H]3Cc4cc(Br)ccc4C(=O)O3)cc2)c(F)cn1. The van der Waals surface area contributed by atoms with Crippen LogP contribution >= 0.6 is 15.9 Å². The Labute approximate surface area is 164 Å². The fourth-order valence-electron chi connectivity index (χ4n) is 3.18. The molecule has 1 atom stereocenters. The van der Waals surface area contributed by atoms with Gasteiger partial charge in [-0.3, -0.25) is 0 Å². The minimum Gasteiger partial charge on any atom is -0.481 e. The molecule has 4 nitrogen and oxygen atoms in total. The number of nitrogens with zero attached hydrogens (tertiary/aromatic N) is 1. The van der Waals surface area contributed by atoms with Crippen molar-refractivity contribution in [3.63, 3.8) is 0 Å². The number of halogens is 2. The second-order valence-corrected chi connectivity index (χ2v) is 7.14. The summed E-state index contributed by atoms with van der Waals surface area (Å²) in [6, 6.07) is 14.4. The van der Waals surface area contributed by atoms with E-state index in [4.69, 9.17) is 9.47 Å². The molecule has 0 fully saturated rings. The summed E-state index contributed by atoms with van der Waals surface area (Å²) in [4.78, 5) is 16.1. The molecule has 2 heterocycles. The van der Waals surface area contributed by atoms with Crippen molar-refractivity contribution < 1.29 is 18.7 Å². The first-order chi connectivity index (χ1) is 13.0. The number of hydrogen-bond acceptors (Lipinski definition) is 4. The van der Waals surface area contributed by atoms with Crippen LogP contribution in [-0.4, -0.2) is 18.1 Å². The molecule has 6 heteroatoms. The van der Waals surface area contributed by atoms with Crippen LogP contribution in [0.2, 0.25) is 0 Å². The van der Waals surface area contributed by atoms with Crippen molar-refractivity contribution in [1.82, 2.24) is 4.98 Å². The van der Waals surface area contributed by atoms with Crippen molar-refractivity contribution in [2.75, 3.05) is 7.11 Å². The van der Waals surface area contributed by atoms with Crippen LogP contribution in [0.3, 0.4) is 0 Å². The van der Waals surface area contributed by atoms with Gasteiger partial charge in [-0.05, 0) is 34.9 Å². The zero-order chi connectivity index (χ0) is 19.0. The minimum atomic E-state index is -0.425. The van der Waals surface area contributed by atoms with E-state index in [2.05, 4.69) is 20.9 Å². The molecule has 2 aromatic carbocycles. The number of aromatic nitrogens is 1. The zero-order valence-corrected chi connectivity index (χ0v) is 16.0. The van der Waals surface area contributed by atoms with Crippen molar-refractivity contribution in [3.8, 4) is 17.0 Å². The van der Waals surface area contributed by atoms with Crippen LogP contribution in [0.5, 0.6) is 5.88 Å². The molecule has 0 aliphatic carbocycles. The summed E-state index contributed by atoms with van der Waals surface area (Å²) in [5.41, 5.74) is 3.50. The second kappa shape index (κ2) is 7.12. The van der Waals surface area contributed by atoms with E-state index in [0.29, 0.717) is 29.0 Å². The van der Waals surface area contributed by atoms with E-state index >= 15 is 0 Å². The maximum atomic E-state index is 14.1. The third kappa shape index (κ3) is 3.45. The molecule has 0 radical (unpaired) electrons. The first-order valence-corrected chi connectivity index (χ1v) is 9.13. The summed E-state index contributed by atoms with van der Waals surface area (Å²) >= 11 is 3.44. The highest BCUT2D eigenvalue weighted by Gasteiger charge is 2.27. The highest BCUT2D eigenvalue weighted by atomic mass is 79.9. The number of rotatable bonds is 3. The van der Waals surface area contributed by atoms with Gasteiger partial charge in [-0.2, -0.15) is 0 Å². The number of pyridine rings is 1. The number of carbonyl (C=O) groups is 1. The predicted molar refractivity (Wildman–Crippen MR) is 102 cm³/mol. The highest BCUT2D eigenvalue weighted by Crippen LogP contribution is 2.33. The van der Waals surface area contributed by atoms with E-state index in [1.807, 2.05) is 24.3 Å². The number of hydrogen-bond donors (Lipinski definition) is 0. The van der Waals surface area contributed by atoms with Crippen molar-refractivity contribution in [1.29, 1.82) is 0 Å². The third-order valence-electron chi connectivity index (χ3n) is 4.57. The summed E-state index contributed by atoms with van der Waals surface area (Å²) in [5.74, 6) is -0.409. The number of fused-ring (bicyclic) bond motifs is 1. The number of ether oxygens (including phenoxy) is 2. The molecule has 0 N–H and O–H groups in total. The summed E-state index contributed by atoms with van der Waals surface area (Å²) in [6.45, 7) is 0. The first kappa shape index (κ1) is 17.7. The minimum absolute atomic E-state index is 0.331. The molecule has 27 heavy (non-hydrogen) atoms. The average molecular weight is 428 g/mol. The predicted octanol–water partition coefficient (Wildman–Crippen LogP) is 5.11. The Balaban J connectivity index is 1.63. The van der Waals surface area contributed by atoms with Gasteiger partial charge >= 0.3 is 5.97 Å². The molecule has 136 valence electrons. The fourth-order valence-corrected chi connectivity index (χ4v) is 3.59. The van der Waals surface area contributed by atoms with Crippen LogP contribution in [0.1, 0.15) is 27.6 Å². The van der Waals surface area contributed by atoms with Gasteiger partial charge in [0, 0.05) is 22.5 Å². The van der Waals surface area contributed by atoms with Gasteiger partial charge in [0.2, 0.25) is 5.88 Å². The van der Waals surface area contributed by atoms with Crippen molar-refractivity contribution in [2.45, 2.75) is 12.5 Å². The molecular formula is C21H15BrFNO3. The molecule has 0 amide bonds. The van der Waals surface area contributed by atoms with Crippen molar-refractivity contribution in [3.05, 3.63) is 81.7 Å². The molecule has 1 aliphatic rings. The van der Waals surface area contributed by atoms with Gasteiger partial charge in [-0.15, -0.1) is 0 Å². The van der Waals surface area contributed by atoms with Gasteiger partial charge in [0.05, 0.1) is 18.9 Å². The number of carbonyl (C=O) groups excluding carboxylic acids is 1. The van der Waals surface area contributed by atoms with E-state index in [1.165, 1.54) is 7.11 Å². The van der Waals surface area contributed by atoms with Gasteiger partial charge in [0.25, 0.3) is 0 Å². The molecule has 0 saturated carbocycles. The lowest BCUT2D eigenvalue weighted by atomic mass is 9.93. The maximum Gasteiger partial charge on any atom is 0.339 e. The molecule has 0 spiro atoms. The Morgan fingerprint density at radius 2 is 1.93 bits per heavy atom. The Morgan fingerprint density at radius 1 is 1.15 bits per heavy atom. The Morgan fingerprint density at radius 3 is 2.67 bits per heavy atom. The zero-order valence-electron chi connectivity index (χ0n) is 14.4. The van der Waals surface area contributed by atoms with Crippen LogP contribution in [0, 0.1) is 5.82 Å². The number of cyclic esters (lactones) is 1. The van der Waals surface area contributed by atoms with Gasteiger partial charge in [0.1, 0.15) is 11.9 Å².